The second-order valence-corrected chi connectivity index (χ2v) is 2.30. The van der Waals surface area contributed by atoms with E-state index in [0.717, 1.165) is 10.9 Å². The van der Waals surface area contributed by atoms with Gasteiger partial charge in [-0.25, -0.2) is 9.97 Å². The summed E-state index contributed by atoms with van der Waals surface area (Å²) in [7, 11) is 0. The number of rotatable bonds is 0. The molecule has 2 rings (SSSR count). The number of hydrogen-bond acceptors (Lipinski definition) is 2. The fraction of sp³-hybridized carbons (Fsp3) is 0. The Kier molecular flexibility index (Phi) is 1.22. The molecular formula is C8H6N3. The summed E-state index contributed by atoms with van der Waals surface area (Å²) in [6.45, 7) is 0. The van der Waals surface area contributed by atoms with E-state index in [4.69, 9.17) is 5.73 Å². The first kappa shape index (κ1) is 6.09. The molecule has 11 heavy (non-hydrogen) atoms. The maximum absolute atomic E-state index is 7.32. The van der Waals surface area contributed by atoms with Gasteiger partial charge >= 0.3 is 0 Å². The average molecular weight is 144 g/mol. The molecule has 53 valence electrons. The molecule has 1 radical (unpaired) electrons. The molecule has 1 aromatic heterocycles. The molecular weight excluding hydrogens is 138 g/mol. The van der Waals surface area contributed by atoms with Crippen molar-refractivity contribution in [1.29, 1.82) is 0 Å². The zero-order valence-electron chi connectivity index (χ0n) is 5.78. The van der Waals surface area contributed by atoms with Crippen molar-refractivity contribution in [2.75, 3.05) is 0 Å². The van der Waals surface area contributed by atoms with Gasteiger partial charge in [0.2, 0.25) is 0 Å². The van der Waals surface area contributed by atoms with Gasteiger partial charge in [-0.2, -0.15) is 0 Å². The van der Waals surface area contributed by atoms with Crippen molar-refractivity contribution in [2.45, 2.75) is 0 Å². The van der Waals surface area contributed by atoms with Gasteiger partial charge in [0, 0.05) is 11.6 Å². The molecule has 0 bridgehead atoms. The monoisotopic (exact) mass is 144 g/mol. The van der Waals surface area contributed by atoms with Crippen LogP contribution in [0.15, 0.2) is 30.7 Å². The van der Waals surface area contributed by atoms with Crippen molar-refractivity contribution in [1.82, 2.24) is 15.7 Å². The summed E-state index contributed by atoms with van der Waals surface area (Å²) in [6.07, 6.45) is 3.21. The molecule has 3 heteroatoms. The molecule has 0 saturated carbocycles. The third kappa shape index (κ3) is 1.00. The summed E-state index contributed by atoms with van der Waals surface area (Å²) in [6, 6.07) is 5.28. The van der Waals surface area contributed by atoms with Crippen LogP contribution in [0.1, 0.15) is 0 Å². The van der Waals surface area contributed by atoms with Crippen molar-refractivity contribution in [3.05, 3.63) is 30.7 Å². The molecule has 2 aromatic rings. The summed E-state index contributed by atoms with van der Waals surface area (Å²) < 4.78 is 0. The van der Waals surface area contributed by atoms with Crippen molar-refractivity contribution in [2.24, 2.45) is 0 Å². The third-order valence-electron chi connectivity index (χ3n) is 1.50. The zero-order valence-corrected chi connectivity index (χ0v) is 5.78. The summed E-state index contributed by atoms with van der Waals surface area (Å²) in [5, 5.41) is 0.917. The van der Waals surface area contributed by atoms with E-state index < -0.39 is 0 Å². The lowest BCUT2D eigenvalue weighted by Crippen LogP contribution is -1.79. The second-order valence-electron chi connectivity index (χ2n) is 2.30. The SMILES string of the molecule is [NH]c1ccc2ncncc2c1. The largest absolute Gasteiger partial charge is 0.301 e. The Hall–Kier alpha value is -1.64. The lowest BCUT2D eigenvalue weighted by molar-refractivity contribution is 1.22. The van der Waals surface area contributed by atoms with Crippen LogP contribution in [0.25, 0.3) is 10.9 Å². The Bertz CT molecular complexity index is 384. The van der Waals surface area contributed by atoms with Crippen LogP contribution in [-0.2, 0) is 0 Å². The predicted octanol–water partition coefficient (Wildman–Crippen LogP) is 1.54. The Morgan fingerprint density at radius 1 is 1.27 bits per heavy atom. The summed E-state index contributed by atoms with van der Waals surface area (Å²) in [5.74, 6) is 0. The highest BCUT2D eigenvalue weighted by molar-refractivity contribution is 5.80. The van der Waals surface area contributed by atoms with Gasteiger partial charge in [-0.05, 0) is 18.2 Å². The first-order valence-corrected chi connectivity index (χ1v) is 3.27. The van der Waals surface area contributed by atoms with Gasteiger partial charge in [-0.3, -0.25) is 0 Å². The smallest absolute Gasteiger partial charge is 0.116 e. The highest BCUT2D eigenvalue weighted by Gasteiger charge is 1.92. The molecule has 0 aliphatic rings. The van der Waals surface area contributed by atoms with E-state index in [2.05, 4.69) is 9.97 Å². The average Bonchev–Trinajstić information content (AvgIpc) is 2.04. The highest BCUT2D eigenvalue weighted by Crippen LogP contribution is 2.13. The molecule has 0 unspecified atom stereocenters. The number of nitrogens with zero attached hydrogens (tertiary/aromatic N) is 2. The van der Waals surface area contributed by atoms with E-state index in [1.807, 2.05) is 6.07 Å². The molecule has 0 saturated heterocycles. The maximum atomic E-state index is 7.32. The number of aromatic nitrogens is 2. The predicted molar refractivity (Wildman–Crippen MR) is 42.3 cm³/mol. The molecule has 0 amide bonds. The van der Waals surface area contributed by atoms with Crippen LogP contribution in [0.2, 0.25) is 0 Å². The molecule has 1 N–H and O–H groups in total. The van der Waals surface area contributed by atoms with Gasteiger partial charge in [0.1, 0.15) is 6.33 Å². The molecule has 0 aliphatic heterocycles. The molecule has 0 atom stereocenters. The van der Waals surface area contributed by atoms with Crippen molar-refractivity contribution >= 4 is 16.6 Å². The van der Waals surface area contributed by atoms with E-state index in [1.165, 1.54) is 6.33 Å². The van der Waals surface area contributed by atoms with Gasteiger partial charge in [0.15, 0.2) is 0 Å². The molecule has 0 fully saturated rings. The lowest BCUT2D eigenvalue weighted by Gasteiger charge is -1.94. The quantitative estimate of drug-likeness (QED) is 0.563. The van der Waals surface area contributed by atoms with Gasteiger partial charge in [0.05, 0.1) is 11.2 Å². The molecule has 3 nitrogen and oxygen atoms in total. The number of fused-ring (bicyclic) bond motifs is 1. The van der Waals surface area contributed by atoms with E-state index in [1.54, 1.807) is 18.3 Å². The molecule has 0 spiro atoms. The number of benzene rings is 1. The fourth-order valence-corrected chi connectivity index (χ4v) is 0.985. The van der Waals surface area contributed by atoms with E-state index in [-0.39, 0.29) is 0 Å². The highest BCUT2D eigenvalue weighted by atomic mass is 14.8. The third-order valence-corrected chi connectivity index (χ3v) is 1.50. The van der Waals surface area contributed by atoms with E-state index in [9.17, 15) is 0 Å². The lowest BCUT2D eigenvalue weighted by atomic mass is 10.2. The topological polar surface area (TPSA) is 49.6 Å². The Morgan fingerprint density at radius 3 is 3.09 bits per heavy atom. The standard InChI is InChI=1S/C8H6N3/c9-7-1-2-8-6(3-7)4-10-5-11-8/h1-5,9H. The summed E-state index contributed by atoms with van der Waals surface area (Å²) in [4.78, 5) is 7.89. The fourth-order valence-electron chi connectivity index (χ4n) is 0.985. The van der Waals surface area contributed by atoms with Crippen molar-refractivity contribution in [3.8, 4) is 0 Å². The van der Waals surface area contributed by atoms with Crippen LogP contribution in [-0.4, -0.2) is 9.97 Å². The van der Waals surface area contributed by atoms with Gasteiger partial charge in [0.25, 0.3) is 0 Å². The minimum Gasteiger partial charge on any atom is -0.301 e. The summed E-state index contributed by atoms with van der Waals surface area (Å²) >= 11 is 0. The Labute approximate surface area is 63.9 Å². The maximum Gasteiger partial charge on any atom is 0.116 e. The van der Waals surface area contributed by atoms with Crippen LogP contribution < -0.4 is 5.73 Å². The normalized spacial score (nSPS) is 10.2. The first-order valence-electron chi connectivity index (χ1n) is 3.27. The summed E-state index contributed by atoms with van der Waals surface area (Å²) in [5.41, 5.74) is 8.70. The Balaban J connectivity index is 2.83. The number of hydrogen-bond donors (Lipinski definition) is 0. The van der Waals surface area contributed by atoms with Crippen LogP contribution >= 0.6 is 0 Å². The second kappa shape index (κ2) is 2.20. The van der Waals surface area contributed by atoms with E-state index >= 15 is 0 Å². The minimum absolute atomic E-state index is 0.493. The van der Waals surface area contributed by atoms with Gasteiger partial charge < -0.3 is 5.73 Å². The van der Waals surface area contributed by atoms with Gasteiger partial charge in [-0.1, -0.05) is 0 Å². The van der Waals surface area contributed by atoms with Crippen LogP contribution in [0, 0.1) is 0 Å². The minimum atomic E-state index is 0.493. The molecule has 0 aliphatic carbocycles. The Morgan fingerprint density at radius 2 is 2.18 bits per heavy atom. The van der Waals surface area contributed by atoms with Crippen LogP contribution in [0.4, 0.5) is 5.69 Å². The molecule has 1 aromatic carbocycles. The first-order chi connectivity index (χ1) is 5.36. The van der Waals surface area contributed by atoms with E-state index in [0.29, 0.717) is 5.69 Å². The van der Waals surface area contributed by atoms with Gasteiger partial charge in [-0.15, -0.1) is 0 Å². The van der Waals surface area contributed by atoms with Crippen LogP contribution in [0.3, 0.4) is 0 Å². The molecule has 1 heterocycles. The number of nitrogens with one attached hydrogen (secondary N) is 1. The van der Waals surface area contributed by atoms with Crippen molar-refractivity contribution in [3.63, 3.8) is 0 Å². The van der Waals surface area contributed by atoms with Crippen molar-refractivity contribution < 1.29 is 0 Å². The zero-order chi connectivity index (χ0) is 7.68. The van der Waals surface area contributed by atoms with Crippen LogP contribution in [0.5, 0.6) is 0 Å².